The normalized spacial score (nSPS) is 27.8. The van der Waals surface area contributed by atoms with Crippen LogP contribution in [0.5, 0.6) is 0 Å². The summed E-state index contributed by atoms with van der Waals surface area (Å²) in [6, 6.07) is 0. The van der Waals surface area contributed by atoms with Gasteiger partial charge in [-0.05, 0) is 70.8 Å². The van der Waals surface area contributed by atoms with Gasteiger partial charge in [-0.1, -0.05) is 90.4 Å². The van der Waals surface area contributed by atoms with Crippen LogP contribution in [0.3, 0.4) is 0 Å². The smallest absolute Gasteiger partial charge is 0.334 e. The van der Waals surface area contributed by atoms with Crippen molar-refractivity contribution in [2.75, 3.05) is 0 Å². The van der Waals surface area contributed by atoms with Gasteiger partial charge in [0.1, 0.15) is 6.10 Å². The number of aliphatic hydroxyl groups excluding tert-OH is 4. The van der Waals surface area contributed by atoms with Crippen molar-refractivity contribution in [3.8, 4) is 0 Å². The molecule has 0 spiro atoms. The first-order valence-electron chi connectivity index (χ1n) is 18.7. The third-order valence-corrected chi connectivity index (χ3v) is 10.1. The van der Waals surface area contributed by atoms with Gasteiger partial charge in [0.25, 0.3) is 0 Å². The van der Waals surface area contributed by atoms with E-state index in [0.717, 1.165) is 70.6 Å². The molecule has 3 aliphatic heterocycles. The number of carbonyl (C=O) groups excluding carboxylic acids is 1. The van der Waals surface area contributed by atoms with Crippen molar-refractivity contribution in [2.45, 2.75) is 216 Å². The zero-order chi connectivity index (χ0) is 32.4. The van der Waals surface area contributed by atoms with Crippen LogP contribution in [0.1, 0.15) is 162 Å². The predicted octanol–water partition coefficient (Wildman–Crippen LogP) is 6.83. The molecule has 3 heterocycles. The number of esters is 1. The van der Waals surface area contributed by atoms with Crippen LogP contribution < -0.4 is 0 Å². The molecule has 0 radical (unpaired) electrons. The largest absolute Gasteiger partial charge is 0.455 e. The quantitative estimate of drug-likeness (QED) is 0.0634. The lowest BCUT2D eigenvalue weighted by Crippen LogP contribution is -2.33. The van der Waals surface area contributed by atoms with Crippen molar-refractivity contribution in [1.29, 1.82) is 0 Å². The van der Waals surface area contributed by atoms with E-state index in [9.17, 15) is 25.2 Å². The Morgan fingerprint density at radius 1 is 0.667 bits per heavy atom. The van der Waals surface area contributed by atoms with Crippen LogP contribution in [-0.4, -0.2) is 81.3 Å². The van der Waals surface area contributed by atoms with Gasteiger partial charge in [0, 0.05) is 12.0 Å². The third-order valence-electron chi connectivity index (χ3n) is 10.1. The molecule has 8 nitrogen and oxygen atoms in total. The summed E-state index contributed by atoms with van der Waals surface area (Å²) < 4.78 is 17.3. The zero-order valence-corrected chi connectivity index (χ0v) is 28.5. The maximum absolute atomic E-state index is 11.7. The first-order valence-corrected chi connectivity index (χ1v) is 18.7. The van der Waals surface area contributed by atoms with Crippen LogP contribution >= 0.6 is 0 Å². The van der Waals surface area contributed by atoms with Gasteiger partial charge in [-0.25, -0.2) is 4.79 Å². The average Bonchev–Trinajstić information content (AvgIpc) is 3.77. The van der Waals surface area contributed by atoms with Gasteiger partial charge in [-0.15, -0.1) is 0 Å². The predicted molar refractivity (Wildman–Crippen MR) is 177 cm³/mol. The molecule has 9 atom stereocenters. The van der Waals surface area contributed by atoms with E-state index in [4.69, 9.17) is 14.2 Å². The summed E-state index contributed by atoms with van der Waals surface area (Å²) >= 11 is 0. The molecule has 4 N–H and O–H groups in total. The Hall–Kier alpha value is -1.03. The van der Waals surface area contributed by atoms with Gasteiger partial charge in [0.2, 0.25) is 0 Å². The lowest BCUT2D eigenvalue weighted by atomic mass is 9.98. The first kappa shape index (κ1) is 38.4. The summed E-state index contributed by atoms with van der Waals surface area (Å²) in [5.41, 5.74) is 0.583. The van der Waals surface area contributed by atoms with Crippen LogP contribution in [0.15, 0.2) is 11.6 Å². The van der Waals surface area contributed by atoms with Crippen LogP contribution in [0.4, 0.5) is 0 Å². The van der Waals surface area contributed by atoms with Crippen molar-refractivity contribution in [3.05, 3.63) is 11.6 Å². The minimum Gasteiger partial charge on any atom is -0.455 e. The van der Waals surface area contributed by atoms with Crippen molar-refractivity contribution in [2.24, 2.45) is 0 Å². The summed E-state index contributed by atoms with van der Waals surface area (Å²) in [6.07, 6.45) is 21.5. The van der Waals surface area contributed by atoms with E-state index in [2.05, 4.69) is 6.92 Å². The monoisotopic (exact) mass is 638 g/mol. The van der Waals surface area contributed by atoms with E-state index >= 15 is 0 Å². The van der Waals surface area contributed by atoms with Crippen LogP contribution in [0.2, 0.25) is 0 Å². The molecule has 3 rings (SSSR count). The molecule has 0 aromatic carbocycles. The molecule has 45 heavy (non-hydrogen) atoms. The second-order valence-corrected chi connectivity index (χ2v) is 14.2. The molecule has 0 bridgehead atoms. The second kappa shape index (κ2) is 21.8. The van der Waals surface area contributed by atoms with Gasteiger partial charge in [-0.2, -0.15) is 0 Å². The Morgan fingerprint density at radius 3 is 1.78 bits per heavy atom. The molecule has 0 aromatic heterocycles. The lowest BCUT2D eigenvalue weighted by Gasteiger charge is -2.24. The fourth-order valence-electron chi connectivity index (χ4n) is 7.29. The van der Waals surface area contributed by atoms with E-state index in [0.29, 0.717) is 31.3 Å². The van der Waals surface area contributed by atoms with Crippen LogP contribution in [0, 0.1) is 0 Å². The van der Waals surface area contributed by atoms with Gasteiger partial charge in [-0.3, -0.25) is 0 Å². The van der Waals surface area contributed by atoms with E-state index in [-0.39, 0.29) is 36.5 Å². The molecule has 0 amide bonds. The highest BCUT2D eigenvalue weighted by Gasteiger charge is 2.36. The summed E-state index contributed by atoms with van der Waals surface area (Å²) in [6.45, 7) is 4.07. The maximum Gasteiger partial charge on any atom is 0.334 e. The summed E-state index contributed by atoms with van der Waals surface area (Å²) in [5.74, 6) is -0.309. The van der Waals surface area contributed by atoms with E-state index < -0.39 is 24.4 Å². The highest BCUT2D eigenvalue weighted by Crippen LogP contribution is 2.31. The molecule has 0 saturated carbocycles. The molecule has 2 unspecified atom stereocenters. The number of carbonyl (C=O) groups is 1. The number of ether oxygens (including phenoxy) is 3. The molecule has 2 fully saturated rings. The Kier molecular flexibility index (Phi) is 18.6. The fraction of sp³-hybridized carbons (Fsp3) is 0.919. The Morgan fingerprint density at radius 2 is 1.18 bits per heavy atom. The third kappa shape index (κ3) is 14.7. The molecular weight excluding hydrogens is 572 g/mol. The minimum absolute atomic E-state index is 0.148. The lowest BCUT2D eigenvalue weighted by molar-refractivity contribution is -0.139. The topological polar surface area (TPSA) is 126 Å². The highest BCUT2D eigenvalue weighted by molar-refractivity contribution is 5.90. The molecule has 0 aromatic rings. The minimum atomic E-state index is -0.638. The number of unbranched alkanes of at least 4 members (excludes halogenated alkanes) is 11. The number of cyclic esters (lactones) is 1. The SMILES string of the molecule is CCCCCCCCCCCC[C@H](O)[C@@H]1CC[C@H]([C@H](O)CC[C@@H](O)[C@H]2CC[C@@H](CCCCCC(O)CC3=CC(C)OC3=O)O2)O1. The summed E-state index contributed by atoms with van der Waals surface area (Å²) in [7, 11) is 0. The van der Waals surface area contributed by atoms with Crippen molar-refractivity contribution in [3.63, 3.8) is 0 Å². The van der Waals surface area contributed by atoms with Gasteiger partial charge < -0.3 is 34.6 Å². The highest BCUT2D eigenvalue weighted by atomic mass is 16.5. The molecule has 262 valence electrons. The first-order chi connectivity index (χ1) is 21.8. The summed E-state index contributed by atoms with van der Waals surface area (Å²) in [5, 5.41) is 42.4. The van der Waals surface area contributed by atoms with Crippen LogP contribution in [0.25, 0.3) is 0 Å². The van der Waals surface area contributed by atoms with Gasteiger partial charge in [0.05, 0.1) is 48.8 Å². The number of aliphatic hydroxyl groups is 4. The average molecular weight is 639 g/mol. The van der Waals surface area contributed by atoms with Crippen molar-refractivity contribution in [1.82, 2.24) is 0 Å². The number of hydrogen-bond donors (Lipinski definition) is 4. The molecule has 2 saturated heterocycles. The molecular formula is C37H66O8. The molecule has 8 heteroatoms. The second-order valence-electron chi connectivity index (χ2n) is 14.2. The number of hydrogen-bond acceptors (Lipinski definition) is 8. The Bertz CT molecular complexity index is 833. The maximum atomic E-state index is 11.7. The van der Waals surface area contributed by atoms with E-state index in [1.54, 1.807) is 6.08 Å². The molecule has 3 aliphatic rings. The fourth-order valence-corrected chi connectivity index (χ4v) is 7.29. The van der Waals surface area contributed by atoms with Gasteiger partial charge in [0.15, 0.2) is 0 Å². The standard InChI is InChI=1S/C37H66O8/c1-3-4-5-6-7-8-9-10-11-15-18-31(39)35-23-24-36(45-35)33(41)21-20-32(40)34-22-19-30(44-34)17-14-12-13-16-29(38)26-28-25-27(2)43-37(28)42/h25,27,29-36,38-41H,3-24,26H2,1-2H3/t27?,29?,30-,31+,32-,33-,34-,35+,36-/m1/s1. The van der Waals surface area contributed by atoms with Crippen molar-refractivity contribution < 1.29 is 39.4 Å². The number of rotatable bonds is 25. The van der Waals surface area contributed by atoms with E-state index in [1.165, 1.54) is 51.4 Å². The van der Waals surface area contributed by atoms with Gasteiger partial charge >= 0.3 is 5.97 Å². The Balaban J connectivity index is 1.17. The zero-order valence-electron chi connectivity index (χ0n) is 28.5. The summed E-state index contributed by atoms with van der Waals surface area (Å²) in [4.78, 5) is 11.7. The Labute approximate surface area is 273 Å². The van der Waals surface area contributed by atoms with Crippen LogP contribution in [-0.2, 0) is 19.0 Å². The van der Waals surface area contributed by atoms with E-state index in [1.807, 2.05) is 6.92 Å². The molecule has 0 aliphatic carbocycles. The van der Waals surface area contributed by atoms with Crippen molar-refractivity contribution >= 4 is 5.97 Å².